The van der Waals surface area contributed by atoms with Gasteiger partial charge in [-0.15, -0.1) is 0 Å². The van der Waals surface area contributed by atoms with Gasteiger partial charge in [-0.1, -0.05) is 41.5 Å². The molecule has 5 nitrogen and oxygen atoms in total. The Morgan fingerprint density at radius 2 is 1.24 bits per heavy atom. The number of aromatic amines is 3. The fraction of sp³-hybridized carbons (Fsp3) is 0.375. The van der Waals surface area contributed by atoms with Crippen LogP contribution in [0, 0.1) is 0 Å². The molecule has 0 atom stereocenters. The third kappa shape index (κ3) is 27.0. The van der Waals surface area contributed by atoms with E-state index in [1.807, 2.05) is 72.1 Å². The average Bonchev–Trinajstić information content (AvgIpc) is 3.41. The van der Waals surface area contributed by atoms with E-state index in [1.165, 1.54) is 0 Å². The highest BCUT2D eigenvalue weighted by Crippen LogP contribution is 1.72. The summed E-state index contributed by atoms with van der Waals surface area (Å²) >= 11 is 0. The largest absolute Gasteiger partial charge is 0.368 e. The summed E-state index contributed by atoms with van der Waals surface area (Å²) < 4.78 is 0. The fourth-order valence-electron chi connectivity index (χ4n) is 0.708. The highest BCUT2D eigenvalue weighted by Gasteiger charge is 1.57. The highest BCUT2D eigenvalue weighted by atomic mass is 15.1. The van der Waals surface area contributed by atoms with Gasteiger partial charge in [0.25, 0.3) is 0 Å². The van der Waals surface area contributed by atoms with Crippen molar-refractivity contribution in [3.05, 3.63) is 61.7 Å². The zero-order valence-electron chi connectivity index (χ0n) is 14.2. The molecule has 5 heteroatoms. The predicted molar refractivity (Wildman–Crippen MR) is 92.0 cm³/mol. The maximum atomic E-state index is 3.67. The SMILES string of the molecule is CC.CC.CC.c1c[nH]cn1.c1cc[nH]c1.c1cn[nH]c1. The van der Waals surface area contributed by atoms with Crippen molar-refractivity contribution in [1.29, 1.82) is 0 Å². The van der Waals surface area contributed by atoms with E-state index >= 15 is 0 Å². The van der Waals surface area contributed by atoms with Gasteiger partial charge in [-0.05, 0) is 18.2 Å². The lowest BCUT2D eigenvalue weighted by atomic mass is 10.7. The number of nitrogens with one attached hydrogen (secondary N) is 3. The van der Waals surface area contributed by atoms with Crippen molar-refractivity contribution in [3.63, 3.8) is 0 Å². The Morgan fingerprint density at radius 1 is 0.619 bits per heavy atom. The number of H-pyrrole nitrogens is 3. The van der Waals surface area contributed by atoms with Crippen LogP contribution in [0.5, 0.6) is 0 Å². The van der Waals surface area contributed by atoms with Crippen molar-refractivity contribution in [2.45, 2.75) is 41.5 Å². The summed E-state index contributed by atoms with van der Waals surface area (Å²) in [6.45, 7) is 12.0. The number of imidazole rings is 1. The molecule has 120 valence electrons. The zero-order chi connectivity index (χ0) is 16.6. The van der Waals surface area contributed by atoms with Crippen LogP contribution in [0.4, 0.5) is 0 Å². The second kappa shape index (κ2) is 30.6. The van der Waals surface area contributed by atoms with Crippen LogP contribution in [0.1, 0.15) is 41.5 Å². The fourth-order valence-corrected chi connectivity index (χ4v) is 0.708. The molecule has 0 saturated heterocycles. The maximum Gasteiger partial charge on any atom is 0.0919 e. The predicted octanol–water partition coefficient (Wildman–Crippen LogP) is 4.91. The molecule has 0 saturated carbocycles. The first-order chi connectivity index (χ1) is 10.5. The molecule has 0 bridgehead atoms. The smallest absolute Gasteiger partial charge is 0.0919 e. The van der Waals surface area contributed by atoms with Crippen molar-refractivity contribution in [3.8, 4) is 0 Å². The van der Waals surface area contributed by atoms with Gasteiger partial charge < -0.3 is 9.97 Å². The van der Waals surface area contributed by atoms with Gasteiger partial charge in [-0.3, -0.25) is 5.10 Å². The minimum Gasteiger partial charge on any atom is -0.368 e. The molecule has 3 N–H and O–H groups in total. The monoisotopic (exact) mass is 293 g/mol. The van der Waals surface area contributed by atoms with Crippen LogP contribution in [-0.2, 0) is 0 Å². The first kappa shape index (κ1) is 23.8. The van der Waals surface area contributed by atoms with Gasteiger partial charge in [0.05, 0.1) is 6.33 Å². The standard InChI is InChI=1S/C4H5N.2C3H4N2.3C2H6/c1-2-4-5-3-1;1-2-5-3-4-1;1-2-4-5-3-1;3*1-2/h1-5H;2*1-3H,(H,4,5);3*1-2H3. The third-order valence-electron chi connectivity index (χ3n) is 1.31. The summed E-state index contributed by atoms with van der Waals surface area (Å²) in [4.78, 5) is 9.28. The van der Waals surface area contributed by atoms with Gasteiger partial charge in [0.1, 0.15) is 0 Å². The number of nitrogens with zero attached hydrogens (tertiary/aromatic N) is 2. The first-order valence-electron chi connectivity index (χ1n) is 7.44. The Bertz CT molecular complexity index is 249. The molecule has 0 aliphatic rings. The Hall–Kier alpha value is -2.30. The van der Waals surface area contributed by atoms with Crippen LogP contribution in [0.25, 0.3) is 0 Å². The van der Waals surface area contributed by atoms with E-state index in [4.69, 9.17) is 0 Å². The Balaban J connectivity index is -0.000000197. The van der Waals surface area contributed by atoms with Gasteiger partial charge in [0.15, 0.2) is 0 Å². The van der Waals surface area contributed by atoms with Crippen molar-refractivity contribution in [1.82, 2.24) is 25.1 Å². The van der Waals surface area contributed by atoms with Gasteiger partial charge in [0.2, 0.25) is 0 Å². The second-order valence-electron chi connectivity index (χ2n) is 2.41. The van der Waals surface area contributed by atoms with E-state index in [0.717, 1.165) is 0 Å². The van der Waals surface area contributed by atoms with Gasteiger partial charge >= 0.3 is 0 Å². The lowest BCUT2D eigenvalue weighted by Gasteiger charge is -1.49. The zero-order valence-corrected chi connectivity index (χ0v) is 14.2. The second-order valence-corrected chi connectivity index (χ2v) is 2.41. The molecular weight excluding hydrogens is 262 g/mol. The molecule has 3 aromatic rings. The molecule has 0 aromatic carbocycles. The lowest BCUT2D eigenvalue weighted by Crippen LogP contribution is -1.53. The molecule has 0 aliphatic heterocycles. The van der Waals surface area contributed by atoms with Crippen molar-refractivity contribution in [2.24, 2.45) is 0 Å². The number of hydrogen-bond donors (Lipinski definition) is 3. The minimum absolute atomic E-state index is 1.62. The summed E-state index contributed by atoms with van der Waals surface area (Å²) in [6.07, 6.45) is 12.3. The third-order valence-corrected chi connectivity index (χ3v) is 1.31. The summed E-state index contributed by atoms with van der Waals surface area (Å²) in [5.74, 6) is 0. The Kier molecular flexibility index (Phi) is 34.6. The molecule has 3 heterocycles. The molecule has 3 aromatic heterocycles. The number of aromatic nitrogens is 5. The van der Waals surface area contributed by atoms with Gasteiger partial charge in [-0.25, -0.2) is 4.98 Å². The number of rotatable bonds is 0. The van der Waals surface area contributed by atoms with Crippen LogP contribution in [0.3, 0.4) is 0 Å². The van der Waals surface area contributed by atoms with Crippen molar-refractivity contribution < 1.29 is 0 Å². The first-order valence-corrected chi connectivity index (χ1v) is 7.44. The summed E-state index contributed by atoms with van der Waals surface area (Å²) in [5, 5.41) is 6.21. The van der Waals surface area contributed by atoms with Crippen LogP contribution in [-0.4, -0.2) is 25.1 Å². The van der Waals surface area contributed by atoms with E-state index < -0.39 is 0 Å². The van der Waals surface area contributed by atoms with E-state index in [1.54, 1.807) is 31.1 Å². The molecule has 0 radical (unpaired) electrons. The summed E-state index contributed by atoms with van der Waals surface area (Å²) in [7, 11) is 0. The molecule has 0 amide bonds. The minimum atomic E-state index is 1.62. The maximum absolute atomic E-state index is 3.67. The molecule has 0 aliphatic carbocycles. The van der Waals surface area contributed by atoms with E-state index in [-0.39, 0.29) is 0 Å². The Labute approximate surface area is 129 Å². The molecule has 0 unspecified atom stereocenters. The summed E-state index contributed by atoms with van der Waals surface area (Å²) in [5.41, 5.74) is 0. The Morgan fingerprint density at radius 3 is 1.38 bits per heavy atom. The van der Waals surface area contributed by atoms with Crippen LogP contribution in [0.15, 0.2) is 61.7 Å². The quantitative estimate of drug-likeness (QED) is 0.551. The van der Waals surface area contributed by atoms with Crippen molar-refractivity contribution >= 4 is 0 Å². The summed E-state index contributed by atoms with van der Waals surface area (Å²) in [6, 6.07) is 5.72. The van der Waals surface area contributed by atoms with Crippen molar-refractivity contribution in [2.75, 3.05) is 0 Å². The number of hydrogen-bond acceptors (Lipinski definition) is 2. The van der Waals surface area contributed by atoms with E-state index in [2.05, 4.69) is 25.1 Å². The lowest BCUT2D eigenvalue weighted by molar-refractivity contribution is 1.09. The van der Waals surface area contributed by atoms with E-state index in [9.17, 15) is 0 Å². The molecule has 21 heavy (non-hydrogen) atoms. The molecule has 3 rings (SSSR count). The average molecular weight is 293 g/mol. The topological polar surface area (TPSA) is 73.2 Å². The normalized spacial score (nSPS) is 6.57. The van der Waals surface area contributed by atoms with Crippen LogP contribution < -0.4 is 0 Å². The van der Waals surface area contributed by atoms with Gasteiger partial charge in [-0.2, -0.15) is 5.10 Å². The molecular formula is C16H31N5. The van der Waals surface area contributed by atoms with Gasteiger partial charge in [0, 0.05) is 37.2 Å². The molecule has 0 spiro atoms. The highest BCUT2D eigenvalue weighted by molar-refractivity contribution is 4.84. The van der Waals surface area contributed by atoms with Crippen LogP contribution >= 0.6 is 0 Å². The van der Waals surface area contributed by atoms with Crippen LogP contribution in [0.2, 0.25) is 0 Å². The van der Waals surface area contributed by atoms with E-state index in [0.29, 0.717) is 0 Å². The molecule has 0 fully saturated rings.